The number of rotatable bonds is 4. The quantitative estimate of drug-likeness (QED) is 0.940. The molecule has 0 saturated heterocycles. The molecule has 110 valence electrons. The maximum Gasteiger partial charge on any atom is 0.417 e. The molecule has 1 N–H and O–H groups in total. The number of benzene rings is 1. The number of aryl methyl sites for hydroxylation is 1. The zero-order valence-electron chi connectivity index (χ0n) is 11.3. The van der Waals surface area contributed by atoms with E-state index in [-0.39, 0.29) is 5.56 Å². The molecule has 0 amide bonds. The fourth-order valence-electron chi connectivity index (χ4n) is 1.97. The summed E-state index contributed by atoms with van der Waals surface area (Å²) in [4.78, 5) is 0. The molecule has 21 heavy (non-hydrogen) atoms. The Labute approximate surface area is 119 Å². The van der Waals surface area contributed by atoms with Gasteiger partial charge < -0.3 is 5.32 Å². The highest BCUT2D eigenvalue weighted by atomic mass is 19.4. The summed E-state index contributed by atoms with van der Waals surface area (Å²) in [5.74, 6) is 0. The van der Waals surface area contributed by atoms with E-state index in [0.29, 0.717) is 18.8 Å². The van der Waals surface area contributed by atoms with Crippen molar-refractivity contribution in [2.45, 2.75) is 26.2 Å². The van der Waals surface area contributed by atoms with Crippen LogP contribution in [-0.4, -0.2) is 9.78 Å². The Morgan fingerprint density at radius 1 is 1.33 bits per heavy atom. The molecule has 7 heteroatoms. The number of aromatic nitrogens is 2. The average Bonchev–Trinajstić information content (AvgIpc) is 2.91. The van der Waals surface area contributed by atoms with Crippen molar-refractivity contribution < 1.29 is 13.2 Å². The first-order chi connectivity index (χ1) is 9.95. The van der Waals surface area contributed by atoms with Gasteiger partial charge in [-0.15, -0.1) is 0 Å². The van der Waals surface area contributed by atoms with E-state index in [2.05, 4.69) is 10.4 Å². The predicted octanol–water partition coefficient (Wildman–Crippen LogP) is 3.41. The molecule has 0 spiro atoms. The van der Waals surface area contributed by atoms with Crippen LogP contribution in [0.25, 0.3) is 0 Å². The second-order valence-electron chi connectivity index (χ2n) is 4.36. The Morgan fingerprint density at radius 2 is 2.10 bits per heavy atom. The normalized spacial score (nSPS) is 11.2. The molecule has 0 saturated carbocycles. The summed E-state index contributed by atoms with van der Waals surface area (Å²) in [7, 11) is 0. The molecular formula is C14H13F3N4. The summed E-state index contributed by atoms with van der Waals surface area (Å²) in [5, 5.41) is 15.7. The molecule has 0 radical (unpaired) electrons. The number of nitrogens with zero attached hydrogens (tertiary/aromatic N) is 3. The van der Waals surface area contributed by atoms with Crippen molar-refractivity contribution in [2.24, 2.45) is 0 Å². The van der Waals surface area contributed by atoms with E-state index in [9.17, 15) is 13.2 Å². The van der Waals surface area contributed by atoms with Crippen molar-refractivity contribution in [3.8, 4) is 6.07 Å². The minimum absolute atomic E-state index is 0.310. The molecule has 4 nitrogen and oxygen atoms in total. The second kappa shape index (κ2) is 5.87. The van der Waals surface area contributed by atoms with Crippen LogP contribution in [0, 0.1) is 11.3 Å². The highest BCUT2D eigenvalue weighted by molar-refractivity contribution is 5.53. The number of nitrogens with one attached hydrogen (secondary N) is 1. The van der Waals surface area contributed by atoms with E-state index < -0.39 is 11.7 Å². The summed E-state index contributed by atoms with van der Waals surface area (Å²) in [6.45, 7) is 2.97. The minimum atomic E-state index is -4.55. The number of hydrogen-bond acceptors (Lipinski definition) is 3. The first-order valence-corrected chi connectivity index (χ1v) is 6.31. The molecule has 1 aromatic carbocycles. The van der Waals surface area contributed by atoms with E-state index in [1.54, 1.807) is 23.0 Å². The topological polar surface area (TPSA) is 53.6 Å². The largest absolute Gasteiger partial charge is 0.417 e. The van der Waals surface area contributed by atoms with Gasteiger partial charge in [-0.25, -0.2) is 0 Å². The van der Waals surface area contributed by atoms with E-state index in [1.807, 2.05) is 6.92 Å². The van der Waals surface area contributed by atoms with Gasteiger partial charge in [0, 0.05) is 18.4 Å². The smallest absolute Gasteiger partial charge is 0.379 e. The molecule has 0 unspecified atom stereocenters. The molecule has 0 fully saturated rings. The number of anilines is 1. The van der Waals surface area contributed by atoms with Gasteiger partial charge in [-0.05, 0) is 31.2 Å². The van der Waals surface area contributed by atoms with E-state index in [0.717, 1.165) is 11.8 Å². The maximum atomic E-state index is 12.9. The second-order valence-corrected chi connectivity index (χ2v) is 4.36. The third-order valence-corrected chi connectivity index (χ3v) is 3.02. The van der Waals surface area contributed by atoms with Crippen LogP contribution in [0.15, 0.2) is 30.5 Å². The van der Waals surface area contributed by atoms with Crippen LogP contribution in [-0.2, 0) is 19.3 Å². The number of halogens is 3. The zero-order chi connectivity index (χ0) is 15.5. The van der Waals surface area contributed by atoms with Gasteiger partial charge in [0.25, 0.3) is 0 Å². The summed E-state index contributed by atoms with van der Waals surface area (Å²) in [6, 6.07) is 6.93. The fourth-order valence-corrected chi connectivity index (χ4v) is 1.97. The number of nitriles is 1. The number of alkyl halides is 3. The van der Waals surface area contributed by atoms with Crippen molar-refractivity contribution in [3.63, 3.8) is 0 Å². The molecule has 2 aromatic rings. The molecule has 1 aromatic heterocycles. The third-order valence-electron chi connectivity index (χ3n) is 3.02. The Balaban J connectivity index is 2.20. The molecule has 0 aliphatic heterocycles. The van der Waals surface area contributed by atoms with Crippen LogP contribution in [0.4, 0.5) is 18.9 Å². The van der Waals surface area contributed by atoms with Gasteiger partial charge in [0.15, 0.2) is 0 Å². The Hall–Kier alpha value is -2.49. The fraction of sp³-hybridized carbons (Fsp3) is 0.286. The lowest BCUT2D eigenvalue weighted by atomic mass is 10.1. The highest BCUT2D eigenvalue weighted by Gasteiger charge is 2.33. The first-order valence-electron chi connectivity index (χ1n) is 6.31. The summed E-state index contributed by atoms with van der Waals surface area (Å²) >= 11 is 0. The first kappa shape index (κ1) is 14.9. The third kappa shape index (κ3) is 3.34. The highest BCUT2D eigenvalue weighted by Crippen LogP contribution is 2.33. The van der Waals surface area contributed by atoms with Crippen LogP contribution in [0.3, 0.4) is 0 Å². The Bertz CT molecular complexity index is 668. The van der Waals surface area contributed by atoms with Crippen molar-refractivity contribution in [3.05, 3.63) is 47.3 Å². The van der Waals surface area contributed by atoms with Crippen molar-refractivity contribution in [1.82, 2.24) is 9.78 Å². The monoisotopic (exact) mass is 294 g/mol. The Morgan fingerprint density at radius 3 is 2.71 bits per heavy atom. The summed E-state index contributed by atoms with van der Waals surface area (Å²) < 4.78 is 40.3. The predicted molar refractivity (Wildman–Crippen MR) is 71.4 cm³/mol. The van der Waals surface area contributed by atoms with E-state index >= 15 is 0 Å². The lowest BCUT2D eigenvalue weighted by Gasteiger charge is -2.12. The lowest BCUT2D eigenvalue weighted by Crippen LogP contribution is -2.11. The minimum Gasteiger partial charge on any atom is -0.379 e. The van der Waals surface area contributed by atoms with Crippen molar-refractivity contribution in [2.75, 3.05) is 5.32 Å². The van der Waals surface area contributed by atoms with Gasteiger partial charge in [0.1, 0.15) is 0 Å². The van der Waals surface area contributed by atoms with Gasteiger partial charge >= 0.3 is 6.18 Å². The van der Waals surface area contributed by atoms with Crippen molar-refractivity contribution >= 4 is 5.69 Å². The van der Waals surface area contributed by atoms with E-state index in [4.69, 9.17) is 5.26 Å². The average molecular weight is 294 g/mol. The molecule has 1 heterocycles. The van der Waals surface area contributed by atoms with Gasteiger partial charge in [-0.1, -0.05) is 0 Å². The Kier molecular flexibility index (Phi) is 4.17. The SMILES string of the molecule is CCn1nccc1CNc1ccc(C#N)c(C(F)(F)F)c1. The van der Waals surface area contributed by atoms with Crippen LogP contribution in [0.1, 0.15) is 23.7 Å². The van der Waals surface area contributed by atoms with Crippen molar-refractivity contribution in [1.29, 1.82) is 5.26 Å². The van der Waals surface area contributed by atoms with Crippen LogP contribution >= 0.6 is 0 Å². The van der Waals surface area contributed by atoms with Gasteiger partial charge in [-0.2, -0.15) is 23.5 Å². The molecule has 0 atom stereocenters. The van der Waals surface area contributed by atoms with E-state index in [1.165, 1.54) is 12.1 Å². The maximum absolute atomic E-state index is 12.9. The van der Waals surface area contributed by atoms with Crippen LogP contribution in [0.5, 0.6) is 0 Å². The molecule has 2 rings (SSSR count). The molecule has 0 aliphatic rings. The standard InChI is InChI=1S/C14H13F3N4/c1-2-21-12(5-6-20-21)9-19-11-4-3-10(8-18)13(7-11)14(15,16)17/h3-7,19H,2,9H2,1H3. The molecule has 0 aliphatic carbocycles. The van der Waals surface area contributed by atoms with Crippen LogP contribution < -0.4 is 5.32 Å². The van der Waals surface area contributed by atoms with Gasteiger partial charge in [-0.3, -0.25) is 4.68 Å². The van der Waals surface area contributed by atoms with Gasteiger partial charge in [0.05, 0.1) is 29.4 Å². The van der Waals surface area contributed by atoms with Gasteiger partial charge in [0.2, 0.25) is 0 Å². The molecular weight excluding hydrogens is 281 g/mol. The summed E-state index contributed by atoms with van der Waals surface area (Å²) in [5.41, 5.74) is -0.133. The zero-order valence-corrected chi connectivity index (χ0v) is 11.3. The lowest BCUT2D eigenvalue weighted by molar-refractivity contribution is -0.137. The molecule has 0 bridgehead atoms. The van der Waals surface area contributed by atoms with Crippen LogP contribution in [0.2, 0.25) is 0 Å². The summed E-state index contributed by atoms with van der Waals surface area (Å²) in [6.07, 6.45) is -2.91. The number of hydrogen-bond donors (Lipinski definition) is 1.